The number of ether oxygens (including phenoxy) is 1. The largest absolute Gasteiger partial charge is 0.444 e. The standard InChI is InChI=1S/C14H25NO3/c1-13(2,3)18-12(17)15-8-11-5-4-6-14(7-11,9-15)10-16/h11,16H,4-10H2,1-3H3. The van der Waals surface area contributed by atoms with E-state index in [4.69, 9.17) is 4.74 Å². The van der Waals surface area contributed by atoms with Crippen LogP contribution in [0.5, 0.6) is 0 Å². The van der Waals surface area contributed by atoms with Crippen LogP contribution in [0.3, 0.4) is 0 Å². The number of carbonyl (C=O) groups excluding carboxylic acids is 1. The fourth-order valence-electron chi connectivity index (χ4n) is 3.32. The predicted molar refractivity (Wildman–Crippen MR) is 69.3 cm³/mol. The Bertz CT molecular complexity index is 323. The second-order valence-electron chi connectivity index (χ2n) is 6.98. The summed E-state index contributed by atoms with van der Waals surface area (Å²) in [6.45, 7) is 7.28. The van der Waals surface area contributed by atoms with Gasteiger partial charge in [0.25, 0.3) is 0 Å². The van der Waals surface area contributed by atoms with Gasteiger partial charge < -0.3 is 14.7 Å². The first-order valence-corrected chi connectivity index (χ1v) is 6.92. The van der Waals surface area contributed by atoms with Gasteiger partial charge in [0.2, 0.25) is 0 Å². The van der Waals surface area contributed by atoms with Crippen LogP contribution in [0.4, 0.5) is 4.79 Å². The summed E-state index contributed by atoms with van der Waals surface area (Å²) in [5.41, 5.74) is -0.520. The molecule has 1 saturated carbocycles. The average molecular weight is 255 g/mol. The molecule has 1 aliphatic heterocycles. The molecule has 0 aromatic rings. The third kappa shape index (κ3) is 2.97. The van der Waals surface area contributed by atoms with Gasteiger partial charge in [0, 0.05) is 18.5 Å². The van der Waals surface area contributed by atoms with Crippen molar-refractivity contribution in [1.29, 1.82) is 0 Å². The van der Waals surface area contributed by atoms with Gasteiger partial charge in [0.15, 0.2) is 0 Å². The first-order chi connectivity index (χ1) is 8.34. The Hall–Kier alpha value is -0.770. The van der Waals surface area contributed by atoms with Crippen LogP contribution < -0.4 is 0 Å². The summed E-state index contributed by atoms with van der Waals surface area (Å²) >= 11 is 0. The zero-order valence-corrected chi connectivity index (χ0v) is 11.7. The molecule has 2 bridgehead atoms. The van der Waals surface area contributed by atoms with E-state index in [-0.39, 0.29) is 18.1 Å². The van der Waals surface area contributed by atoms with Crippen molar-refractivity contribution in [2.24, 2.45) is 11.3 Å². The first kappa shape index (κ1) is 13.7. The number of nitrogens with zero attached hydrogens (tertiary/aromatic N) is 1. The Morgan fingerprint density at radius 1 is 1.50 bits per heavy atom. The van der Waals surface area contributed by atoms with Gasteiger partial charge in [0.1, 0.15) is 5.60 Å². The molecule has 2 rings (SSSR count). The topological polar surface area (TPSA) is 49.8 Å². The summed E-state index contributed by atoms with van der Waals surface area (Å²) < 4.78 is 5.44. The molecular formula is C14H25NO3. The second-order valence-corrected chi connectivity index (χ2v) is 6.98. The maximum atomic E-state index is 12.1. The number of piperidine rings is 1. The number of rotatable bonds is 1. The van der Waals surface area contributed by atoms with Gasteiger partial charge in [-0.15, -0.1) is 0 Å². The van der Waals surface area contributed by atoms with E-state index in [0.29, 0.717) is 12.5 Å². The van der Waals surface area contributed by atoms with E-state index in [2.05, 4.69) is 0 Å². The van der Waals surface area contributed by atoms with Crippen molar-refractivity contribution in [3.05, 3.63) is 0 Å². The molecule has 0 spiro atoms. The molecule has 104 valence electrons. The molecule has 1 N–H and O–H groups in total. The fourth-order valence-corrected chi connectivity index (χ4v) is 3.32. The minimum atomic E-state index is -0.448. The molecule has 2 atom stereocenters. The minimum Gasteiger partial charge on any atom is -0.444 e. The highest BCUT2D eigenvalue weighted by atomic mass is 16.6. The zero-order chi connectivity index (χ0) is 13.4. The van der Waals surface area contributed by atoms with Crippen LogP contribution in [0.15, 0.2) is 0 Å². The molecule has 1 heterocycles. The summed E-state index contributed by atoms with van der Waals surface area (Å²) in [6.07, 6.45) is 4.20. The number of hydrogen-bond donors (Lipinski definition) is 1. The highest BCUT2D eigenvalue weighted by Gasteiger charge is 2.44. The zero-order valence-electron chi connectivity index (χ0n) is 11.7. The highest BCUT2D eigenvalue weighted by Crippen LogP contribution is 2.43. The number of hydrogen-bond acceptors (Lipinski definition) is 3. The molecule has 0 radical (unpaired) electrons. The van der Waals surface area contributed by atoms with E-state index >= 15 is 0 Å². The van der Waals surface area contributed by atoms with Crippen LogP contribution in [0.1, 0.15) is 46.5 Å². The van der Waals surface area contributed by atoms with Crippen LogP contribution in [0, 0.1) is 11.3 Å². The van der Waals surface area contributed by atoms with Crippen LogP contribution in [-0.4, -0.2) is 41.4 Å². The lowest BCUT2D eigenvalue weighted by Gasteiger charge is -2.48. The lowest BCUT2D eigenvalue weighted by molar-refractivity contribution is -0.0424. The molecule has 2 aliphatic rings. The van der Waals surface area contributed by atoms with E-state index in [9.17, 15) is 9.90 Å². The van der Waals surface area contributed by atoms with Crippen LogP contribution in [0.2, 0.25) is 0 Å². The predicted octanol–water partition coefficient (Wildman–Crippen LogP) is 2.41. The summed E-state index contributed by atoms with van der Waals surface area (Å²) in [5.74, 6) is 0.534. The van der Waals surface area contributed by atoms with Gasteiger partial charge in [-0.25, -0.2) is 4.79 Å². The van der Waals surface area contributed by atoms with Crippen molar-refractivity contribution in [2.75, 3.05) is 19.7 Å². The minimum absolute atomic E-state index is 0.0714. The monoisotopic (exact) mass is 255 g/mol. The molecule has 2 unspecified atom stereocenters. The van der Waals surface area contributed by atoms with Crippen molar-refractivity contribution in [3.63, 3.8) is 0 Å². The van der Waals surface area contributed by atoms with Crippen molar-refractivity contribution >= 4 is 6.09 Å². The third-order valence-corrected chi connectivity index (χ3v) is 4.03. The molecular weight excluding hydrogens is 230 g/mol. The summed E-state index contributed by atoms with van der Waals surface area (Å²) in [7, 11) is 0. The molecule has 4 heteroatoms. The van der Waals surface area contributed by atoms with E-state index in [1.165, 1.54) is 12.8 Å². The molecule has 0 aromatic heterocycles. The van der Waals surface area contributed by atoms with Crippen LogP contribution in [0.25, 0.3) is 0 Å². The van der Waals surface area contributed by atoms with Crippen molar-refractivity contribution in [3.8, 4) is 0 Å². The van der Waals surface area contributed by atoms with Crippen LogP contribution in [-0.2, 0) is 4.74 Å². The summed E-state index contributed by atoms with van der Waals surface area (Å²) in [6, 6.07) is 0. The molecule has 1 saturated heterocycles. The van der Waals surface area contributed by atoms with E-state index in [1.807, 2.05) is 20.8 Å². The number of amides is 1. The molecule has 1 aliphatic carbocycles. The molecule has 0 aromatic carbocycles. The Morgan fingerprint density at radius 2 is 2.22 bits per heavy atom. The second kappa shape index (κ2) is 4.72. The Morgan fingerprint density at radius 3 is 2.83 bits per heavy atom. The van der Waals surface area contributed by atoms with Crippen molar-refractivity contribution < 1.29 is 14.6 Å². The maximum absolute atomic E-state index is 12.1. The lowest BCUT2D eigenvalue weighted by atomic mass is 9.67. The SMILES string of the molecule is CC(C)(C)OC(=O)N1CC2CCCC(CO)(C2)C1. The van der Waals surface area contributed by atoms with Gasteiger partial charge in [-0.3, -0.25) is 0 Å². The molecule has 4 nitrogen and oxygen atoms in total. The number of carbonyl (C=O) groups is 1. The fraction of sp³-hybridized carbons (Fsp3) is 0.929. The van der Waals surface area contributed by atoms with E-state index in [0.717, 1.165) is 19.4 Å². The highest BCUT2D eigenvalue weighted by molar-refractivity contribution is 5.68. The van der Waals surface area contributed by atoms with Gasteiger partial charge >= 0.3 is 6.09 Å². The normalized spacial score (nSPS) is 32.2. The Balaban J connectivity index is 2.04. The number of aliphatic hydroxyl groups excluding tert-OH is 1. The van der Waals surface area contributed by atoms with E-state index in [1.54, 1.807) is 4.90 Å². The quantitative estimate of drug-likeness (QED) is 0.782. The number of aliphatic hydroxyl groups is 1. The summed E-state index contributed by atoms with van der Waals surface area (Å²) in [5, 5.41) is 9.65. The van der Waals surface area contributed by atoms with Crippen LogP contribution >= 0.6 is 0 Å². The molecule has 18 heavy (non-hydrogen) atoms. The van der Waals surface area contributed by atoms with E-state index < -0.39 is 5.60 Å². The van der Waals surface area contributed by atoms with Crippen molar-refractivity contribution in [1.82, 2.24) is 4.90 Å². The maximum Gasteiger partial charge on any atom is 0.410 e. The van der Waals surface area contributed by atoms with Gasteiger partial charge in [0.05, 0.1) is 6.61 Å². The number of fused-ring (bicyclic) bond motifs is 2. The van der Waals surface area contributed by atoms with Gasteiger partial charge in [-0.1, -0.05) is 6.42 Å². The van der Waals surface area contributed by atoms with Crippen molar-refractivity contribution in [2.45, 2.75) is 52.1 Å². The smallest absolute Gasteiger partial charge is 0.410 e. The Kier molecular flexibility index (Phi) is 3.58. The lowest BCUT2D eigenvalue weighted by Crippen LogP contribution is -2.54. The van der Waals surface area contributed by atoms with Gasteiger partial charge in [-0.2, -0.15) is 0 Å². The average Bonchev–Trinajstić information content (AvgIpc) is 2.26. The third-order valence-electron chi connectivity index (χ3n) is 4.03. The Labute approximate surface area is 109 Å². The number of likely N-dealkylation sites (tertiary alicyclic amines) is 1. The van der Waals surface area contributed by atoms with Gasteiger partial charge in [-0.05, 0) is 46.0 Å². The summed E-state index contributed by atoms with van der Waals surface area (Å²) in [4.78, 5) is 13.9. The molecule has 1 amide bonds. The first-order valence-electron chi connectivity index (χ1n) is 6.92. The molecule has 2 fully saturated rings.